The van der Waals surface area contributed by atoms with Crippen molar-refractivity contribution >= 4 is 33.4 Å². The highest BCUT2D eigenvalue weighted by Gasteiger charge is 2.11. The molecule has 0 spiro atoms. The van der Waals surface area contributed by atoms with E-state index in [1.807, 2.05) is 0 Å². The molecule has 4 N–H and O–H groups in total. The topological polar surface area (TPSA) is 106 Å². The van der Waals surface area contributed by atoms with Crippen molar-refractivity contribution in [2.75, 3.05) is 32.2 Å². The highest BCUT2D eigenvalue weighted by molar-refractivity contribution is 9.10. The van der Waals surface area contributed by atoms with E-state index in [1.165, 1.54) is 0 Å². The van der Waals surface area contributed by atoms with E-state index in [4.69, 9.17) is 20.4 Å². The molecule has 0 saturated carbocycles. The van der Waals surface area contributed by atoms with E-state index in [0.29, 0.717) is 24.5 Å². The van der Waals surface area contributed by atoms with Crippen molar-refractivity contribution in [3.05, 3.63) is 28.2 Å². The first-order valence-electron chi connectivity index (χ1n) is 5.72. The molecule has 0 bridgehead atoms. The second kappa shape index (κ2) is 8.51. The predicted molar refractivity (Wildman–Crippen MR) is 78.0 cm³/mol. The average Bonchev–Trinajstić information content (AvgIpc) is 2.44. The molecule has 0 aliphatic heterocycles. The number of nitrogens with one attached hydrogen (secondary N) is 1. The van der Waals surface area contributed by atoms with Crippen molar-refractivity contribution in [1.82, 2.24) is 0 Å². The van der Waals surface area contributed by atoms with E-state index in [1.54, 1.807) is 25.3 Å². The van der Waals surface area contributed by atoms with Crippen LogP contribution in [0.15, 0.2) is 27.8 Å². The molecule has 110 valence electrons. The molecule has 20 heavy (non-hydrogen) atoms. The van der Waals surface area contributed by atoms with Crippen LogP contribution < -0.4 is 11.1 Å². The summed E-state index contributed by atoms with van der Waals surface area (Å²) in [6.07, 6.45) is 0. The number of nitrogens with zero attached hydrogens (tertiary/aromatic N) is 1. The molecule has 1 amide bonds. The number of rotatable bonds is 7. The van der Waals surface area contributed by atoms with Gasteiger partial charge in [0.25, 0.3) is 0 Å². The fourth-order valence-corrected chi connectivity index (χ4v) is 1.75. The first-order valence-corrected chi connectivity index (χ1v) is 6.51. The molecule has 1 aromatic carbocycles. The number of oxime groups is 1. The van der Waals surface area contributed by atoms with Crippen molar-refractivity contribution in [2.24, 2.45) is 10.9 Å². The zero-order chi connectivity index (χ0) is 15.0. The van der Waals surface area contributed by atoms with Crippen LogP contribution in [0.2, 0.25) is 0 Å². The van der Waals surface area contributed by atoms with E-state index in [-0.39, 0.29) is 18.3 Å². The lowest BCUT2D eigenvalue weighted by atomic mass is 10.1. The van der Waals surface area contributed by atoms with Gasteiger partial charge in [-0.2, -0.15) is 0 Å². The third kappa shape index (κ3) is 5.16. The van der Waals surface area contributed by atoms with Gasteiger partial charge in [0.15, 0.2) is 5.84 Å². The number of carbonyl (C=O) groups is 1. The van der Waals surface area contributed by atoms with Gasteiger partial charge < -0.3 is 25.7 Å². The van der Waals surface area contributed by atoms with Gasteiger partial charge in [-0.05, 0) is 18.2 Å². The number of carbonyl (C=O) groups excluding carboxylic acids is 1. The van der Waals surface area contributed by atoms with Crippen LogP contribution in [-0.4, -0.2) is 43.9 Å². The number of hydrogen-bond donors (Lipinski definition) is 3. The molecule has 0 aliphatic carbocycles. The molecule has 0 radical (unpaired) electrons. The number of benzene rings is 1. The van der Waals surface area contributed by atoms with Gasteiger partial charge in [0.1, 0.15) is 6.61 Å². The Hall–Kier alpha value is -1.64. The first kappa shape index (κ1) is 16.4. The van der Waals surface area contributed by atoms with Crippen LogP contribution in [0.1, 0.15) is 5.56 Å². The van der Waals surface area contributed by atoms with Gasteiger partial charge in [-0.15, -0.1) is 0 Å². The minimum atomic E-state index is -0.338. The molecule has 1 aromatic rings. The van der Waals surface area contributed by atoms with E-state index < -0.39 is 0 Å². The molecular formula is C12H16BrN3O4. The molecule has 0 unspecified atom stereocenters. The molecule has 0 fully saturated rings. The largest absolute Gasteiger partial charge is 0.409 e. The Morgan fingerprint density at radius 1 is 1.50 bits per heavy atom. The van der Waals surface area contributed by atoms with Crippen LogP contribution in [0.25, 0.3) is 0 Å². The fourth-order valence-electron chi connectivity index (χ4n) is 1.38. The van der Waals surface area contributed by atoms with Crippen molar-refractivity contribution < 1.29 is 19.5 Å². The van der Waals surface area contributed by atoms with E-state index >= 15 is 0 Å². The summed E-state index contributed by atoms with van der Waals surface area (Å²) in [4.78, 5) is 11.7. The minimum absolute atomic E-state index is 0.0955. The predicted octanol–water partition coefficient (Wildman–Crippen LogP) is 1.15. The SMILES string of the molecule is COCCOCC(=O)Nc1ccc(Br)cc1/C(N)=N/O. The standard InChI is InChI=1S/C12H16BrN3O4/c1-19-4-5-20-7-11(17)15-10-3-2-8(13)6-9(10)12(14)16-18/h2-3,6,18H,4-5,7H2,1H3,(H2,14,16)(H,15,17). The van der Waals surface area contributed by atoms with Crippen molar-refractivity contribution in [1.29, 1.82) is 0 Å². The number of nitrogens with two attached hydrogens (primary N) is 1. The molecule has 0 saturated heterocycles. The van der Waals surface area contributed by atoms with E-state index in [9.17, 15) is 4.79 Å². The number of amides is 1. The summed E-state index contributed by atoms with van der Waals surface area (Å²) in [7, 11) is 1.55. The number of hydrogen-bond acceptors (Lipinski definition) is 5. The maximum Gasteiger partial charge on any atom is 0.250 e. The maximum atomic E-state index is 11.7. The van der Waals surface area contributed by atoms with Gasteiger partial charge in [0, 0.05) is 17.1 Å². The Labute approximate surface area is 124 Å². The lowest BCUT2D eigenvalue weighted by Crippen LogP contribution is -2.22. The van der Waals surface area contributed by atoms with Crippen LogP contribution in [-0.2, 0) is 14.3 Å². The van der Waals surface area contributed by atoms with Crippen LogP contribution in [0.4, 0.5) is 5.69 Å². The van der Waals surface area contributed by atoms with Gasteiger partial charge in [0.05, 0.1) is 18.9 Å². The monoisotopic (exact) mass is 345 g/mol. The van der Waals surface area contributed by atoms with Gasteiger partial charge in [-0.1, -0.05) is 21.1 Å². The van der Waals surface area contributed by atoms with Gasteiger partial charge in [-0.25, -0.2) is 0 Å². The summed E-state index contributed by atoms with van der Waals surface area (Å²) in [5.74, 6) is -0.433. The van der Waals surface area contributed by atoms with Crippen molar-refractivity contribution in [3.63, 3.8) is 0 Å². The third-order valence-corrected chi connectivity index (χ3v) is 2.80. The normalized spacial score (nSPS) is 11.4. The summed E-state index contributed by atoms with van der Waals surface area (Å²) >= 11 is 3.28. The molecule has 7 nitrogen and oxygen atoms in total. The summed E-state index contributed by atoms with van der Waals surface area (Å²) in [6.45, 7) is 0.646. The van der Waals surface area contributed by atoms with Crippen LogP contribution in [0.3, 0.4) is 0 Å². The highest BCUT2D eigenvalue weighted by atomic mass is 79.9. The maximum absolute atomic E-state index is 11.7. The Bertz CT molecular complexity index is 494. The zero-order valence-corrected chi connectivity index (χ0v) is 12.5. The number of amidine groups is 1. The van der Waals surface area contributed by atoms with Crippen LogP contribution in [0.5, 0.6) is 0 Å². The molecule has 1 rings (SSSR count). The van der Waals surface area contributed by atoms with E-state index in [0.717, 1.165) is 4.47 Å². The highest BCUT2D eigenvalue weighted by Crippen LogP contribution is 2.21. The summed E-state index contributed by atoms with van der Waals surface area (Å²) in [5, 5.41) is 14.3. The average molecular weight is 346 g/mol. The molecule has 8 heteroatoms. The summed E-state index contributed by atoms with van der Waals surface area (Å²) in [5.41, 5.74) is 6.40. The molecular weight excluding hydrogens is 330 g/mol. The van der Waals surface area contributed by atoms with Crippen molar-refractivity contribution in [2.45, 2.75) is 0 Å². The smallest absolute Gasteiger partial charge is 0.250 e. The van der Waals surface area contributed by atoms with Gasteiger partial charge >= 0.3 is 0 Å². The Balaban J connectivity index is 2.69. The Kier molecular flexibility index (Phi) is 6.99. The minimum Gasteiger partial charge on any atom is -0.409 e. The molecule has 0 atom stereocenters. The van der Waals surface area contributed by atoms with Crippen LogP contribution >= 0.6 is 15.9 Å². The molecule has 0 heterocycles. The number of anilines is 1. The lowest BCUT2D eigenvalue weighted by Gasteiger charge is -2.11. The Morgan fingerprint density at radius 3 is 2.90 bits per heavy atom. The molecule has 0 aromatic heterocycles. The van der Waals surface area contributed by atoms with Crippen molar-refractivity contribution in [3.8, 4) is 0 Å². The molecule has 0 aliphatic rings. The third-order valence-electron chi connectivity index (χ3n) is 2.30. The number of ether oxygens (including phenoxy) is 2. The quantitative estimate of drug-likeness (QED) is 0.226. The summed E-state index contributed by atoms with van der Waals surface area (Å²) in [6, 6.07) is 5.01. The lowest BCUT2D eigenvalue weighted by molar-refractivity contribution is -0.121. The second-order valence-corrected chi connectivity index (χ2v) is 4.68. The number of halogens is 1. The fraction of sp³-hybridized carbons (Fsp3) is 0.333. The number of methoxy groups -OCH3 is 1. The van der Waals surface area contributed by atoms with E-state index in [2.05, 4.69) is 26.4 Å². The zero-order valence-electron chi connectivity index (χ0n) is 10.9. The van der Waals surface area contributed by atoms with Gasteiger partial charge in [0.2, 0.25) is 5.91 Å². The van der Waals surface area contributed by atoms with Crippen LogP contribution in [0, 0.1) is 0 Å². The Morgan fingerprint density at radius 2 is 2.25 bits per heavy atom. The summed E-state index contributed by atoms with van der Waals surface area (Å²) < 4.78 is 10.6. The second-order valence-electron chi connectivity index (χ2n) is 3.77. The first-order chi connectivity index (χ1) is 9.58. The van der Waals surface area contributed by atoms with Gasteiger partial charge in [-0.3, -0.25) is 4.79 Å².